The van der Waals surface area contributed by atoms with Crippen LogP contribution in [0.2, 0.25) is 0 Å². The molecule has 1 unspecified atom stereocenters. The van der Waals surface area contributed by atoms with E-state index in [9.17, 15) is 13.2 Å². The highest BCUT2D eigenvalue weighted by atomic mass is 19.4. The number of hydrogen-bond acceptors (Lipinski definition) is 2. The van der Waals surface area contributed by atoms with E-state index in [0.717, 1.165) is 13.1 Å². The van der Waals surface area contributed by atoms with Gasteiger partial charge in [-0.05, 0) is 38.9 Å². The highest BCUT2D eigenvalue weighted by molar-refractivity contribution is 4.81. The van der Waals surface area contributed by atoms with E-state index in [1.807, 2.05) is 7.05 Å². The summed E-state index contributed by atoms with van der Waals surface area (Å²) < 4.78 is 37.5. The molecule has 1 atom stereocenters. The van der Waals surface area contributed by atoms with E-state index in [1.165, 1.54) is 0 Å². The van der Waals surface area contributed by atoms with E-state index in [4.69, 9.17) is 5.73 Å². The molecule has 5 heteroatoms. The molecule has 1 aliphatic heterocycles. The second kappa shape index (κ2) is 4.49. The van der Waals surface area contributed by atoms with Crippen LogP contribution in [0.15, 0.2) is 0 Å². The number of rotatable bonds is 2. The van der Waals surface area contributed by atoms with Crippen molar-refractivity contribution in [2.75, 3.05) is 26.7 Å². The van der Waals surface area contributed by atoms with Crippen molar-refractivity contribution < 1.29 is 13.2 Å². The maximum atomic E-state index is 12.5. The lowest BCUT2D eigenvalue weighted by molar-refractivity contribution is -0.189. The quantitative estimate of drug-likeness (QED) is 0.747. The molecule has 2 nitrogen and oxygen atoms in total. The van der Waals surface area contributed by atoms with Crippen LogP contribution in [-0.2, 0) is 0 Å². The molecule has 0 amide bonds. The Morgan fingerprint density at radius 3 is 2.21 bits per heavy atom. The van der Waals surface area contributed by atoms with Crippen LogP contribution in [0.1, 0.15) is 12.8 Å². The maximum absolute atomic E-state index is 12.5. The van der Waals surface area contributed by atoms with E-state index in [0.29, 0.717) is 12.8 Å². The minimum atomic E-state index is -4.13. The van der Waals surface area contributed by atoms with Gasteiger partial charge in [0.25, 0.3) is 0 Å². The number of likely N-dealkylation sites (tertiary alicyclic amines) is 1. The lowest BCUT2D eigenvalue weighted by Gasteiger charge is -2.34. The van der Waals surface area contributed by atoms with Crippen LogP contribution in [0.5, 0.6) is 0 Å². The molecule has 0 bridgehead atoms. The Morgan fingerprint density at radius 1 is 1.36 bits per heavy atom. The summed E-state index contributed by atoms with van der Waals surface area (Å²) in [7, 11) is 1.93. The molecule has 84 valence electrons. The molecule has 1 fully saturated rings. The summed E-state index contributed by atoms with van der Waals surface area (Å²) in [4.78, 5) is 2.06. The second-order valence-corrected chi connectivity index (χ2v) is 4.02. The zero-order valence-electron chi connectivity index (χ0n) is 8.35. The zero-order valence-corrected chi connectivity index (χ0v) is 8.35. The van der Waals surface area contributed by atoms with Crippen LogP contribution >= 0.6 is 0 Å². The predicted molar refractivity (Wildman–Crippen MR) is 48.8 cm³/mol. The standard InChI is InChI=1S/C9H17F3N2/c1-14-4-2-7(3-5-14)8(6-13)9(10,11)12/h7-8H,2-6,13H2,1H3. The summed E-state index contributed by atoms with van der Waals surface area (Å²) in [6, 6.07) is 0. The van der Waals surface area contributed by atoms with Crippen molar-refractivity contribution in [3.8, 4) is 0 Å². The fourth-order valence-corrected chi connectivity index (χ4v) is 2.02. The topological polar surface area (TPSA) is 29.3 Å². The molecule has 0 aromatic carbocycles. The van der Waals surface area contributed by atoms with Gasteiger partial charge in [-0.1, -0.05) is 0 Å². The van der Waals surface area contributed by atoms with E-state index in [-0.39, 0.29) is 12.5 Å². The largest absolute Gasteiger partial charge is 0.393 e. The highest BCUT2D eigenvalue weighted by Crippen LogP contribution is 2.36. The Morgan fingerprint density at radius 2 is 1.86 bits per heavy atom. The van der Waals surface area contributed by atoms with Crippen molar-refractivity contribution in [2.45, 2.75) is 19.0 Å². The molecule has 0 spiro atoms. The summed E-state index contributed by atoms with van der Waals surface area (Å²) >= 11 is 0. The monoisotopic (exact) mass is 210 g/mol. The van der Waals surface area contributed by atoms with Crippen LogP contribution in [0.25, 0.3) is 0 Å². The van der Waals surface area contributed by atoms with Crippen molar-refractivity contribution in [1.29, 1.82) is 0 Å². The third-order valence-corrected chi connectivity index (χ3v) is 3.01. The molecule has 1 saturated heterocycles. The number of nitrogens with two attached hydrogens (primary N) is 1. The van der Waals surface area contributed by atoms with Crippen molar-refractivity contribution in [3.63, 3.8) is 0 Å². The number of hydrogen-bond donors (Lipinski definition) is 1. The van der Waals surface area contributed by atoms with Gasteiger partial charge in [0.1, 0.15) is 0 Å². The lowest BCUT2D eigenvalue weighted by atomic mass is 9.84. The third kappa shape index (κ3) is 2.85. The molecule has 0 aromatic rings. The zero-order chi connectivity index (χ0) is 10.8. The first-order chi connectivity index (χ1) is 6.45. The van der Waals surface area contributed by atoms with Crippen molar-refractivity contribution in [2.24, 2.45) is 17.6 Å². The van der Waals surface area contributed by atoms with Crippen LogP contribution in [0, 0.1) is 11.8 Å². The van der Waals surface area contributed by atoms with Gasteiger partial charge in [-0.3, -0.25) is 0 Å². The third-order valence-electron chi connectivity index (χ3n) is 3.01. The van der Waals surface area contributed by atoms with E-state index >= 15 is 0 Å². The SMILES string of the molecule is CN1CCC(C(CN)C(F)(F)F)CC1. The van der Waals surface area contributed by atoms with Crippen molar-refractivity contribution in [1.82, 2.24) is 4.90 Å². The molecule has 1 rings (SSSR count). The Balaban J connectivity index is 2.54. The normalized spacial score (nSPS) is 23.8. The van der Waals surface area contributed by atoms with E-state index < -0.39 is 12.1 Å². The molecule has 0 aromatic heterocycles. The molecule has 0 saturated carbocycles. The minimum absolute atomic E-state index is 0.280. The average Bonchev–Trinajstić information content (AvgIpc) is 2.07. The molecule has 0 aliphatic carbocycles. The van der Waals surface area contributed by atoms with Gasteiger partial charge in [0, 0.05) is 6.54 Å². The minimum Gasteiger partial charge on any atom is -0.330 e. The van der Waals surface area contributed by atoms with Crippen molar-refractivity contribution in [3.05, 3.63) is 0 Å². The smallest absolute Gasteiger partial charge is 0.330 e. The summed E-state index contributed by atoms with van der Waals surface area (Å²) in [6.45, 7) is 1.21. The molecular weight excluding hydrogens is 193 g/mol. The van der Waals surface area contributed by atoms with Crippen molar-refractivity contribution >= 4 is 0 Å². The predicted octanol–water partition coefficient (Wildman–Crippen LogP) is 1.47. The summed E-state index contributed by atoms with van der Waals surface area (Å²) in [6.07, 6.45) is -2.91. The molecule has 1 aliphatic rings. The Kier molecular flexibility index (Phi) is 3.78. The van der Waals surface area contributed by atoms with Gasteiger partial charge in [-0.2, -0.15) is 13.2 Å². The van der Waals surface area contributed by atoms with Gasteiger partial charge in [0.15, 0.2) is 0 Å². The van der Waals surface area contributed by atoms with Gasteiger partial charge >= 0.3 is 6.18 Å². The Hall–Kier alpha value is -0.290. The average molecular weight is 210 g/mol. The molecule has 2 N–H and O–H groups in total. The lowest BCUT2D eigenvalue weighted by Crippen LogP contribution is -2.42. The van der Waals surface area contributed by atoms with Gasteiger partial charge in [0.2, 0.25) is 0 Å². The van der Waals surface area contributed by atoms with Gasteiger partial charge < -0.3 is 10.6 Å². The van der Waals surface area contributed by atoms with Gasteiger partial charge in [0.05, 0.1) is 5.92 Å². The summed E-state index contributed by atoms with van der Waals surface area (Å²) in [5.74, 6) is -1.59. The molecule has 0 radical (unpaired) electrons. The second-order valence-electron chi connectivity index (χ2n) is 4.02. The first-order valence-corrected chi connectivity index (χ1v) is 4.90. The van der Waals surface area contributed by atoms with Gasteiger partial charge in [-0.15, -0.1) is 0 Å². The van der Waals surface area contributed by atoms with E-state index in [2.05, 4.69) is 4.90 Å². The highest BCUT2D eigenvalue weighted by Gasteiger charge is 2.43. The Labute approximate surface area is 82.2 Å². The summed E-state index contributed by atoms with van der Waals surface area (Å²) in [5, 5.41) is 0. The number of nitrogens with zero attached hydrogens (tertiary/aromatic N) is 1. The maximum Gasteiger partial charge on any atom is 0.393 e. The van der Waals surface area contributed by atoms with E-state index in [1.54, 1.807) is 0 Å². The molecular formula is C9H17F3N2. The molecule has 1 heterocycles. The fraction of sp³-hybridized carbons (Fsp3) is 1.00. The first-order valence-electron chi connectivity index (χ1n) is 4.90. The fourth-order valence-electron chi connectivity index (χ4n) is 2.02. The molecule has 14 heavy (non-hydrogen) atoms. The Bertz CT molecular complexity index is 173. The first kappa shape index (κ1) is 11.8. The van der Waals surface area contributed by atoms with Crippen LogP contribution in [0.4, 0.5) is 13.2 Å². The van der Waals surface area contributed by atoms with Crippen LogP contribution < -0.4 is 5.73 Å². The summed E-state index contributed by atoms with van der Waals surface area (Å²) in [5.41, 5.74) is 5.19. The van der Waals surface area contributed by atoms with Crippen LogP contribution in [0.3, 0.4) is 0 Å². The number of alkyl halides is 3. The van der Waals surface area contributed by atoms with Gasteiger partial charge in [-0.25, -0.2) is 0 Å². The van der Waals surface area contributed by atoms with Crippen LogP contribution in [-0.4, -0.2) is 37.8 Å². The number of piperidine rings is 1. The number of halogens is 3.